The van der Waals surface area contributed by atoms with Crippen LogP contribution in [0.2, 0.25) is 0 Å². The van der Waals surface area contributed by atoms with Gasteiger partial charge in [-0.2, -0.15) is 12.9 Å². The predicted octanol–water partition coefficient (Wildman–Crippen LogP) is 0.575. The molecule has 25 heteroatoms. The second kappa shape index (κ2) is 11.9. The molecule has 8 N–H and O–H groups in total. The summed E-state index contributed by atoms with van der Waals surface area (Å²) in [6, 6.07) is 6.60. The van der Waals surface area contributed by atoms with E-state index in [9.17, 15) is 48.0 Å². The third-order valence-electron chi connectivity index (χ3n) is 4.98. The van der Waals surface area contributed by atoms with Crippen molar-refractivity contribution in [2.45, 2.75) is 24.5 Å². The number of rotatable bonds is 12. The molecule has 0 bridgehead atoms. The van der Waals surface area contributed by atoms with Crippen molar-refractivity contribution in [1.29, 1.82) is 0 Å². The first kappa shape index (κ1) is 31.8. The minimum Gasteiger partial charge on any atom is -0.404 e. The Morgan fingerprint density at radius 1 is 0.854 bits per heavy atom. The highest BCUT2D eigenvalue weighted by Crippen LogP contribution is 2.71. The molecule has 41 heavy (non-hydrogen) atoms. The molecule has 1 fully saturated rings. The van der Waals surface area contributed by atoms with Gasteiger partial charge in [-0.15, -0.1) is 0 Å². The number of aliphatic hydroxyl groups excluding tert-OH is 2. The van der Waals surface area contributed by atoms with Crippen LogP contribution in [0.15, 0.2) is 43.0 Å². The molecule has 4 rings (SSSR count). The van der Waals surface area contributed by atoms with Crippen LogP contribution in [-0.2, 0) is 40.5 Å². The van der Waals surface area contributed by atoms with Crippen LogP contribution in [-0.4, -0.2) is 74.2 Å². The summed E-state index contributed by atoms with van der Waals surface area (Å²) in [6.45, 7) is -1.05. The van der Waals surface area contributed by atoms with E-state index in [1.54, 1.807) is 0 Å². The maximum absolute atomic E-state index is 12.2. The van der Waals surface area contributed by atoms with Crippen LogP contribution >= 0.6 is 31.3 Å². The molecule has 8 atom stereocenters. The highest BCUT2D eigenvalue weighted by molar-refractivity contribution is 7.69. The summed E-state index contributed by atoms with van der Waals surface area (Å²) in [4.78, 5) is 50.4. The van der Waals surface area contributed by atoms with Crippen molar-refractivity contribution in [3.05, 3.63) is 43.0 Å². The Labute approximate surface area is 228 Å². The summed E-state index contributed by atoms with van der Waals surface area (Å²) in [5.41, 5.74) is 5.97. The number of aliphatic hydroxyl groups is 2. The van der Waals surface area contributed by atoms with E-state index in [0.717, 1.165) is 6.33 Å². The molecule has 0 aliphatic carbocycles. The lowest BCUT2D eigenvalue weighted by Gasteiger charge is -2.20. The van der Waals surface area contributed by atoms with Crippen molar-refractivity contribution in [2.75, 3.05) is 12.3 Å². The molecule has 1 saturated heterocycles. The molecule has 21 nitrogen and oxygen atoms in total. The summed E-state index contributed by atoms with van der Waals surface area (Å²) in [7, 11) is -23.1. The topological polar surface area (TPSA) is 315 Å². The second-order valence-corrected chi connectivity index (χ2v) is 14.1. The van der Waals surface area contributed by atoms with Crippen molar-refractivity contribution in [1.82, 2.24) is 19.5 Å². The fraction of sp³-hybridized carbons (Fsp3) is 0.312. The van der Waals surface area contributed by atoms with Crippen molar-refractivity contribution >= 4 is 48.3 Å². The first-order valence-electron chi connectivity index (χ1n) is 10.8. The molecule has 1 aliphatic heterocycles. The third kappa shape index (κ3) is 8.03. The molecular formula is C16H21N5O16P4. The molecule has 0 saturated carbocycles. The highest BCUT2D eigenvalue weighted by atomic mass is 31.3. The molecule has 0 radical (unpaired) electrons. The maximum atomic E-state index is 12.2. The number of fused-ring (bicyclic) bond motifs is 1. The average molecular weight is 663 g/mol. The van der Waals surface area contributed by atoms with Gasteiger partial charge in [-0.3, -0.25) is 14.0 Å². The number of anilines is 1. The van der Waals surface area contributed by atoms with Gasteiger partial charge in [-0.05, 0) is 12.1 Å². The molecular weight excluding hydrogens is 642 g/mol. The monoisotopic (exact) mass is 663 g/mol. The number of nitrogen functional groups attached to an aromatic ring is 1. The lowest BCUT2D eigenvalue weighted by Crippen LogP contribution is -2.33. The summed E-state index contributed by atoms with van der Waals surface area (Å²) in [6.07, 6.45) is -4.03. The fourth-order valence-electron chi connectivity index (χ4n) is 3.40. The van der Waals surface area contributed by atoms with Gasteiger partial charge in [0.2, 0.25) is 0 Å². The molecule has 3 aromatic rings. The van der Waals surface area contributed by atoms with Gasteiger partial charge < -0.3 is 39.9 Å². The van der Waals surface area contributed by atoms with Crippen LogP contribution in [0.1, 0.15) is 6.23 Å². The van der Waals surface area contributed by atoms with E-state index in [0.29, 0.717) is 0 Å². The van der Waals surface area contributed by atoms with Gasteiger partial charge in [0.15, 0.2) is 17.7 Å². The predicted molar refractivity (Wildman–Crippen MR) is 131 cm³/mol. The number of ether oxygens (including phenoxy) is 1. The van der Waals surface area contributed by atoms with E-state index in [2.05, 4.69) is 36.9 Å². The Morgan fingerprint density at radius 2 is 1.46 bits per heavy atom. The van der Waals surface area contributed by atoms with Crippen LogP contribution in [0, 0.1) is 0 Å². The largest absolute Gasteiger partial charge is 0.536 e. The zero-order valence-electron chi connectivity index (χ0n) is 20.0. The lowest BCUT2D eigenvalue weighted by atomic mass is 10.1. The molecule has 5 unspecified atom stereocenters. The minimum absolute atomic E-state index is 0.0130. The molecule has 3 heterocycles. The summed E-state index contributed by atoms with van der Waals surface area (Å²) in [5, 5.41) is 20.7. The quantitative estimate of drug-likeness (QED) is 0.130. The number of phosphoric acid groups is 4. The summed E-state index contributed by atoms with van der Waals surface area (Å²) in [5.74, 6) is -0.281. The van der Waals surface area contributed by atoms with Crippen molar-refractivity contribution in [3.8, 4) is 5.75 Å². The van der Waals surface area contributed by atoms with Gasteiger partial charge in [-0.25, -0.2) is 33.2 Å². The zero-order valence-corrected chi connectivity index (χ0v) is 23.6. The molecule has 1 aliphatic rings. The number of para-hydroxylation sites is 1. The zero-order chi connectivity index (χ0) is 30.2. The minimum atomic E-state index is -6.03. The molecule has 0 amide bonds. The van der Waals surface area contributed by atoms with Gasteiger partial charge in [0.25, 0.3) is 0 Å². The Kier molecular flexibility index (Phi) is 9.19. The fourth-order valence-corrected chi connectivity index (χ4v) is 8.35. The van der Waals surface area contributed by atoms with Crippen molar-refractivity contribution in [3.63, 3.8) is 0 Å². The molecule has 226 valence electrons. The Hall–Kier alpha value is -2.15. The Balaban J connectivity index is 1.35. The van der Waals surface area contributed by atoms with Crippen molar-refractivity contribution < 1.29 is 74.8 Å². The lowest BCUT2D eigenvalue weighted by molar-refractivity contribution is -0.0503. The van der Waals surface area contributed by atoms with E-state index in [1.165, 1.54) is 41.2 Å². The average Bonchev–Trinajstić information content (AvgIpc) is 3.38. The van der Waals surface area contributed by atoms with E-state index < -0.39 is 62.4 Å². The van der Waals surface area contributed by atoms with Crippen LogP contribution < -0.4 is 10.3 Å². The molecule has 1 aromatic carbocycles. The Morgan fingerprint density at radius 3 is 2.12 bits per heavy atom. The van der Waals surface area contributed by atoms with E-state index in [1.807, 2.05) is 0 Å². The van der Waals surface area contributed by atoms with E-state index >= 15 is 0 Å². The van der Waals surface area contributed by atoms with Gasteiger partial charge in [0.05, 0.1) is 12.9 Å². The van der Waals surface area contributed by atoms with Crippen molar-refractivity contribution in [2.24, 2.45) is 0 Å². The standard InChI is InChI=1S/C16H21N5O16P4/c17-14-11-15(19-7-18-14)21(8-20-11)16-13(23)12(22)10(33-16)6-32-38(24,25)35-40(28,29)37-41(30,31)36-39(26,27)34-9-4-2-1-3-5-9/h1-5,7-8,10,12-13,16,22-23H,6H2,(H,24,25)(H,26,27)(H,28,29)(H,30,31)(H2,17,18,19)/t10-,12-,13-,16?/m1/s1. The number of hydrogen-bond acceptors (Lipinski definition) is 16. The molecule has 0 spiro atoms. The SMILES string of the molecule is Nc1ncnc2c1ncn2C1O[C@H](COP(=O)(O)OP(=O)(O)OP(=O)(O)OP(=O)(O)Oc2ccccc2)[C@@H](O)[C@H]1O. The number of imidazole rings is 1. The normalized spacial score (nSPS) is 27.0. The molecule has 2 aromatic heterocycles. The highest BCUT2D eigenvalue weighted by Gasteiger charge is 2.48. The number of phosphoric ester groups is 2. The third-order valence-corrected chi connectivity index (χ3v) is 10.9. The smallest absolute Gasteiger partial charge is 0.404 e. The number of benzene rings is 1. The van der Waals surface area contributed by atoms with E-state index in [4.69, 9.17) is 10.5 Å². The summed E-state index contributed by atoms with van der Waals surface area (Å²) >= 11 is 0. The second-order valence-electron chi connectivity index (χ2n) is 7.95. The van der Waals surface area contributed by atoms with Crippen LogP contribution in [0.5, 0.6) is 5.75 Å². The maximum Gasteiger partial charge on any atom is 0.536 e. The van der Waals surface area contributed by atoms with Crippen LogP contribution in [0.25, 0.3) is 11.2 Å². The number of nitrogens with zero attached hydrogens (tertiary/aromatic N) is 4. The van der Waals surface area contributed by atoms with Gasteiger partial charge in [0.1, 0.15) is 35.9 Å². The summed E-state index contributed by atoms with van der Waals surface area (Å²) < 4.78 is 75.4. The van der Waals surface area contributed by atoms with Crippen LogP contribution in [0.3, 0.4) is 0 Å². The first-order chi connectivity index (χ1) is 19.0. The number of nitrogens with two attached hydrogens (primary N) is 1. The van der Waals surface area contributed by atoms with Gasteiger partial charge >= 0.3 is 31.3 Å². The van der Waals surface area contributed by atoms with Gasteiger partial charge in [0, 0.05) is 0 Å². The Bertz CT molecular complexity index is 1590. The number of hydrogen-bond donors (Lipinski definition) is 7. The first-order valence-corrected chi connectivity index (χ1v) is 16.7. The van der Waals surface area contributed by atoms with E-state index in [-0.39, 0.29) is 22.7 Å². The van der Waals surface area contributed by atoms with Gasteiger partial charge in [-0.1, -0.05) is 18.2 Å². The number of aromatic nitrogens is 4. The van der Waals surface area contributed by atoms with Crippen LogP contribution in [0.4, 0.5) is 5.82 Å².